The van der Waals surface area contributed by atoms with Crippen LogP contribution in [-0.4, -0.2) is 14.1 Å². The van der Waals surface area contributed by atoms with Crippen molar-refractivity contribution < 1.29 is 26.4 Å². The first-order valence-corrected chi connectivity index (χ1v) is 10.5. The molecule has 170 valence electrons. The highest BCUT2D eigenvalue weighted by Crippen LogP contribution is 2.34. The molecule has 0 spiro atoms. The molecule has 0 atom stereocenters. The lowest BCUT2D eigenvalue weighted by Gasteiger charge is -2.15. The smallest absolute Gasteiger partial charge is 0.390 e. The normalized spacial score (nSPS) is 11.1. The second-order valence-electron chi connectivity index (χ2n) is 6.31. The molecule has 33 heavy (non-hydrogen) atoms. The topological polar surface area (TPSA) is 103 Å². The summed E-state index contributed by atoms with van der Waals surface area (Å²) in [6.07, 6.45) is -4.58. The van der Waals surface area contributed by atoms with Crippen LogP contribution in [0.15, 0.2) is 78.0 Å². The van der Waals surface area contributed by atoms with Gasteiger partial charge in [-0.15, -0.1) is 0 Å². The van der Waals surface area contributed by atoms with Gasteiger partial charge in [-0.3, -0.25) is 0 Å². The Labute approximate surface area is 194 Å². The standard InChI is InChI=1S/C22H14ClF3N2O.HNO2S/c23-18-10-11-20(22(24,25)26)19(12-18)21(17-4-2-1-3-5-17)28-29-14-16-8-6-15(13-27)7-9-16;1-4(2)3/h1-12H,14H2;1H/b28-21+;. The van der Waals surface area contributed by atoms with Gasteiger partial charge in [0, 0.05) is 16.1 Å². The van der Waals surface area contributed by atoms with Crippen LogP contribution in [0.2, 0.25) is 5.02 Å². The number of nitriles is 1. The number of hydrogen-bond acceptors (Lipinski definition) is 6. The molecule has 0 bridgehead atoms. The van der Waals surface area contributed by atoms with E-state index in [1.807, 2.05) is 6.07 Å². The van der Waals surface area contributed by atoms with Gasteiger partial charge in [-0.25, -0.2) is 0 Å². The molecule has 0 saturated carbocycles. The van der Waals surface area contributed by atoms with Crippen LogP contribution < -0.4 is 0 Å². The molecule has 0 aliphatic carbocycles. The first kappa shape index (κ1) is 25.6. The molecule has 0 aliphatic heterocycles. The van der Waals surface area contributed by atoms with E-state index >= 15 is 0 Å². The maximum Gasteiger partial charge on any atom is 0.417 e. The predicted octanol–water partition coefficient (Wildman–Crippen LogP) is 5.83. The van der Waals surface area contributed by atoms with Crippen LogP contribution in [0.3, 0.4) is 0 Å². The van der Waals surface area contributed by atoms with E-state index in [0.29, 0.717) is 11.1 Å². The van der Waals surface area contributed by atoms with Crippen LogP contribution in [0.5, 0.6) is 0 Å². The molecule has 0 aliphatic rings. The molecule has 6 nitrogen and oxygen atoms in total. The van der Waals surface area contributed by atoms with Crippen molar-refractivity contribution in [2.24, 2.45) is 5.16 Å². The van der Waals surface area contributed by atoms with E-state index in [2.05, 4.69) is 5.16 Å². The average molecular weight is 494 g/mol. The van der Waals surface area contributed by atoms with Gasteiger partial charge < -0.3 is 4.84 Å². The Morgan fingerprint density at radius 1 is 1.06 bits per heavy atom. The largest absolute Gasteiger partial charge is 0.417 e. The third-order valence-corrected chi connectivity index (χ3v) is 4.29. The highest BCUT2D eigenvalue weighted by atomic mass is 35.5. The van der Waals surface area contributed by atoms with Crippen LogP contribution >= 0.6 is 11.6 Å². The molecule has 0 radical (unpaired) electrons. The minimum absolute atomic E-state index is 0.0223. The Morgan fingerprint density at radius 2 is 1.67 bits per heavy atom. The quantitative estimate of drug-likeness (QED) is 0.357. The average Bonchev–Trinajstić information content (AvgIpc) is 2.76. The minimum atomic E-state index is -4.58. The summed E-state index contributed by atoms with van der Waals surface area (Å²) in [5.74, 6) is 0. The molecular formula is C22H15ClF3N3O3S. The Morgan fingerprint density at radius 3 is 2.21 bits per heavy atom. The number of halogens is 4. The summed E-state index contributed by atoms with van der Waals surface area (Å²) in [5.41, 5.74) is 0.676. The van der Waals surface area contributed by atoms with E-state index < -0.39 is 22.2 Å². The maximum atomic E-state index is 13.5. The van der Waals surface area contributed by atoms with Gasteiger partial charge in [0.15, 0.2) is 0 Å². The van der Waals surface area contributed by atoms with Crippen LogP contribution in [0.4, 0.5) is 13.2 Å². The number of rotatable bonds is 5. The maximum absolute atomic E-state index is 13.5. The molecule has 0 heterocycles. The molecule has 0 saturated heterocycles. The highest BCUT2D eigenvalue weighted by Gasteiger charge is 2.35. The van der Waals surface area contributed by atoms with E-state index in [4.69, 9.17) is 34.9 Å². The van der Waals surface area contributed by atoms with Crippen LogP contribution in [0.25, 0.3) is 0 Å². The number of nitrogens with zero attached hydrogens (tertiary/aromatic N) is 2. The second kappa shape index (κ2) is 11.8. The number of benzene rings is 3. The summed E-state index contributed by atoms with van der Waals surface area (Å²) < 4.78 is 63.5. The number of nitrogens with one attached hydrogen (secondary N) is 1. The Hall–Kier alpha value is -3.68. The Balaban J connectivity index is 0.000000890. The van der Waals surface area contributed by atoms with Gasteiger partial charge in [0.1, 0.15) is 12.3 Å². The van der Waals surface area contributed by atoms with Crippen molar-refractivity contribution in [1.82, 2.24) is 0 Å². The summed E-state index contributed by atoms with van der Waals surface area (Å²) in [6.45, 7) is 0.0317. The summed E-state index contributed by atoms with van der Waals surface area (Å²) in [5, 5.41) is 13.0. The SMILES string of the molecule is N#Cc1ccc(CO/N=C(\c2ccccc2)c2cc(Cl)ccc2C(F)(F)F)cc1.N=S(=O)=O. The van der Waals surface area contributed by atoms with Gasteiger partial charge in [0.2, 0.25) is 0 Å². The molecule has 1 N–H and O–H groups in total. The van der Waals surface area contributed by atoms with Gasteiger partial charge in [0.25, 0.3) is 0 Å². The molecule has 0 unspecified atom stereocenters. The molecule has 3 rings (SSSR count). The Bertz CT molecular complexity index is 1270. The lowest BCUT2D eigenvalue weighted by Crippen LogP contribution is -2.15. The third kappa shape index (κ3) is 8.07. The van der Waals surface area contributed by atoms with Gasteiger partial charge in [0.05, 0.1) is 17.2 Å². The van der Waals surface area contributed by atoms with Crippen LogP contribution in [0, 0.1) is 16.1 Å². The van der Waals surface area contributed by atoms with Gasteiger partial charge in [-0.1, -0.05) is 59.2 Å². The minimum Gasteiger partial charge on any atom is -0.390 e. The molecular weight excluding hydrogens is 479 g/mol. The van der Waals surface area contributed by atoms with E-state index in [-0.39, 0.29) is 22.9 Å². The van der Waals surface area contributed by atoms with Crippen molar-refractivity contribution in [3.8, 4) is 6.07 Å². The summed E-state index contributed by atoms with van der Waals surface area (Å²) >= 11 is 5.97. The van der Waals surface area contributed by atoms with Crippen molar-refractivity contribution >= 4 is 27.8 Å². The van der Waals surface area contributed by atoms with Gasteiger partial charge in [-0.05, 0) is 35.9 Å². The number of alkyl halides is 3. The molecule has 3 aromatic carbocycles. The fraction of sp³-hybridized carbons (Fsp3) is 0.0909. The third-order valence-electron chi connectivity index (χ3n) is 4.06. The van der Waals surface area contributed by atoms with E-state index in [9.17, 15) is 13.2 Å². The zero-order chi connectivity index (χ0) is 24.4. The Kier molecular flexibility index (Phi) is 9.15. The summed E-state index contributed by atoms with van der Waals surface area (Å²) in [4.78, 5) is 5.37. The first-order chi connectivity index (χ1) is 15.6. The van der Waals surface area contributed by atoms with Crippen molar-refractivity contribution in [2.75, 3.05) is 0 Å². The number of oxime groups is 1. The summed E-state index contributed by atoms with van der Waals surface area (Å²) in [6, 6.07) is 20.4. The molecule has 0 aromatic heterocycles. The van der Waals surface area contributed by atoms with Crippen molar-refractivity contribution in [1.29, 1.82) is 10.0 Å². The fourth-order valence-electron chi connectivity index (χ4n) is 2.66. The van der Waals surface area contributed by atoms with Gasteiger partial charge >= 0.3 is 16.7 Å². The lowest BCUT2D eigenvalue weighted by molar-refractivity contribution is -0.137. The van der Waals surface area contributed by atoms with Crippen LogP contribution in [-0.2, 0) is 28.1 Å². The fourth-order valence-corrected chi connectivity index (χ4v) is 2.83. The van der Waals surface area contributed by atoms with E-state index in [0.717, 1.165) is 11.6 Å². The zero-order valence-electron chi connectivity index (χ0n) is 16.7. The van der Waals surface area contributed by atoms with Crippen molar-refractivity contribution in [2.45, 2.75) is 12.8 Å². The van der Waals surface area contributed by atoms with Crippen LogP contribution in [0.1, 0.15) is 27.8 Å². The molecule has 0 fully saturated rings. The molecule has 0 amide bonds. The van der Waals surface area contributed by atoms with Gasteiger partial charge in [-0.2, -0.15) is 31.6 Å². The predicted molar refractivity (Wildman–Crippen MR) is 116 cm³/mol. The second-order valence-corrected chi connectivity index (χ2v) is 7.22. The first-order valence-electron chi connectivity index (χ1n) is 9.04. The molecule has 11 heteroatoms. The van der Waals surface area contributed by atoms with E-state index in [1.165, 1.54) is 12.1 Å². The monoisotopic (exact) mass is 493 g/mol. The zero-order valence-corrected chi connectivity index (χ0v) is 18.2. The van der Waals surface area contributed by atoms with Crippen molar-refractivity contribution in [3.63, 3.8) is 0 Å². The number of hydrogen-bond donors (Lipinski definition) is 1. The molecule has 3 aromatic rings. The highest BCUT2D eigenvalue weighted by molar-refractivity contribution is 7.60. The van der Waals surface area contributed by atoms with E-state index in [1.54, 1.807) is 54.6 Å². The summed E-state index contributed by atoms with van der Waals surface area (Å²) in [7, 11) is -2.61. The van der Waals surface area contributed by atoms with Crippen molar-refractivity contribution in [3.05, 3.63) is 106 Å². The lowest BCUT2D eigenvalue weighted by atomic mass is 9.97.